The van der Waals surface area contributed by atoms with E-state index in [-0.39, 0.29) is 11.8 Å². The molecular weight excluding hydrogens is 350 g/mol. The molecule has 0 aromatic carbocycles. The van der Waals surface area contributed by atoms with Crippen molar-refractivity contribution in [1.82, 2.24) is 19.9 Å². The Morgan fingerprint density at radius 1 is 1.19 bits per heavy atom. The minimum atomic E-state index is 0.00231. The van der Waals surface area contributed by atoms with Crippen molar-refractivity contribution in [1.29, 1.82) is 0 Å². The predicted molar refractivity (Wildman–Crippen MR) is 100 cm³/mol. The third-order valence-corrected chi connectivity index (χ3v) is 5.98. The molecule has 4 heterocycles. The van der Waals surface area contributed by atoms with Crippen molar-refractivity contribution in [2.75, 3.05) is 18.0 Å². The number of amides is 1. The maximum absolute atomic E-state index is 13.0. The molecule has 0 spiro atoms. The van der Waals surface area contributed by atoms with Crippen LogP contribution < -0.4 is 4.90 Å². The van der Waals surface area contributed by atoms with E-state index in [2.05, 4.69) is 19.9 Å². The van der Waals surface area contributed by atoms with Crippen LogP contribution in [0.15, 0.2) is 12.4 Å². The summed E-state index contributed by atoms with van der Waals surface area (Å²) in [6.07, 6.45) is 4.52. The third kappa shape index (κ3) is 2.92. The fourth-order valence-corrected chi connectivity index (χ4v) is 4.02. The van der Waals surface area contributed by atoms with Gasteiger partial charge in [-0.2, -0.15) is 0 Å². The molecule has 0 bridgehead atoms. The number of rotatable bonds is 2. The summed E-state index contributed by atoms with van der Waals surface area (Å²) in [4.78, 5) is 30.2. The van der Waals surface area contributed by atoms with Crippen molar-refractivity contribution in [3.05, 3.63) is 45.8 Å². The number of carbonyl (C=O) groups is 1. The highest BCUT2D eigenvalue weighted by molar-refractivity contribution is 6.32. The molecule has 0 unspecified atom stereocenters. The summed E-state index contributed by atoms with van der Waals surface area (Å²) >= 11 is 6.33. The summed E-state index contributed by atoms with van der Waals surface area (Å²) in [5, 5.41) is 0.712. The molecule has 0 radical (unpaired) electrons. The molecular formula is C19H22ClN5O. The number of aryl methyl sites for hydroxylation is 2. The van der Waals surface area contributed by atoms with Gasteiger partial charge in [0.15, 0.2) is 0 Å². The van der Waals surface area contributed by atoms with Crippen molar-refractivity contribution in [3.63, 3.8) is 0 Å². The lowest BCUT2D eigenvalue weighted by atomic mass is 10.1. The summed E-state index contributed by atoms with van der Waals surface area (Å²) in [6, 6.07) is 0. The predicted octanol–water partition coefficient (Wildman–Crippen LogP) is 2.82. The standard InChI is InChI=1S/C19H22ClN5O/c1-11-16-9-25(10-17(16)23-12(2)18(11)20)19(26)14-4-5-24(8-14)15-6-21-13(3)22-7-15/h6-7,14H,4-5,8-10H2,1-3H3/t14-/m1/s1. The van der Waals surface area contributed by atoms with E-state index in [4.69, 9.17) is 11.6 Å². The average Bonchev–Trinajstić information content (AvgIpc) is 3.27. The molecule has 1 atom stereocenters. The molecule has 0 aliphatic carbocycles. The SMILES string of the molecule is Cc1ncc(N2CC[C@@H](C(=O)N3Cc4nc(C)c(Cl)c(C)c4C3)C2)cn1. The zero-order valence-corrected chi connectivity index (χ0v) is 16.0. The molecule has 2 aromatic rings. The smallest absolute Gasteiger partial charge is 0.228 e. The molecule has 1 fully saturated rings. The lowest BCUT2D eigenvalue weighted by Crippen LogP contribution is -2.34. The Bertz CT molecular complexity index is 867. The average molecular weight is 372 g/mol. The maximum atomic E-state index is 13.0. The number of fused-ring (bicyclic) bond motifs is 1. The number of pyridine rings is 1. The zero-order valence-electron chi connectivity index (χ0n) is 15.3. The van der Waals surface area contributed by atoms with Crippen molar-refractivity contribution < 1.29 is 4.79 Å². The van der Waals surface area contributed by atoms with Crippen LogP contribution in [0.25, 0.3) is 0 Å². The molecule has 1 saturated heterocycles. The van der Waals surface area contributed by atoms with Crippen LogP contribution in [-0.4, -0.2) is 38.8 Å². The van der Waals surface area contributed by atoms with Crippen molar-refractivity contribution in [2.45, 2.75) is 40.3 Å². The van der Waals surface area contributed by atoms with Gasteiger partial charge in [0.2, 0.25) is 5.91 Å². The van der Waals surface area contributed by atoms with Crippen LogP contribution in [0.2, 0.25) is 5.02 Å². The molecule has 2 aliphatic heterocycles. The number of nitrogens with zero attached hydrogens (tertiary/aromatic N) is 5. The largest absolute Gasteiger partial charge is 0.368 e. The van der Waals surface area contributed by atoms with Gasteiger partial charge in [0, 0.05) is 19.6 Å². The van der Waals surface area contributed by atoms with Crippen molar-refractivity contribution >= 4 is 23.2 Å². The Morgan fingerprint density at radius 2 is 1.92 bits per heavy atom. The van der Waals surface area contributed by atoms with Gasteiger partial charge < -0.3 is 9.80 Å². The van der Waals surface area contributed by atoms with E-state index < -0.39 is 0 Å². The highest BCUT2D eigenvalue weighted by Crippen LogP contribution is 2.32. The fourth-order valence-electron chi connectivity index (χ4n) is 3.87. The Balaban J connectivity index is 1.46. The summed E-state index contributed by atoms with van der Waals surface area (Å²) in [5.74, 6) is 0.960. The first kappa shape index (κ1) is 17.2. The van der Waals surface area contributed by atoms with E-state index in [1.54, 1.807) is 0 Å². The number of hydrogen-bond donors (Lipinski definition) is 0. The third-order valence-electron chi connectivity index (χ3n) is 5.42. The van der Waals surface area contributed by atoms with Crippen LogP contribution in [0.1, 0.15) is 34.8 Å². The maximum Gasteiger partial charge on any atom is 0.228 e. The van der Waals surface area contributed by atoms with Crippen LogP contribution in [0, 0.1) is 26.7 Å². The lowest BCUT2D eigenvalue weighted by Gasteiger charge is -2.21. The van der Waals surface area contributed by atoms with Crippen LogP contribution >= 0.6 is 11.6 Å². The second kappa shape index (κ2) is 6.50. The Kier molecular flexibility index (Phi) is 4.31. The number of halogens is 1. The van der Waals surface area contributed by atoms with Crippen LogP contribution in [0.3, 0.4) is 0 Å². The second-order valence-corrected chi connectivity index (χ2v) is 7.55. The van der Waals surface area contributed by atoms with Gasteiger partial charge in [0.25, 0.3) is 0 Å². The highest BCUT2D eigenvalue weighted by Gasteiger charge is 2.35. The van der Waals surface area contributed by atoms with Gasteiger partial charge in [0.05, 0.1) is 47.0 Å². The van der Waals surface area contributed by atoms with Crippen LogP contribution in [0.4, 0.5) is 5.69 Å². The highest BCUT2D eigenvalue weighted by atomic mass is 35.5. The Labute approximate surface area is 158 Å². The molecule has 0 N–H and O–H groups in total. The monoisotopic (exact) mass is 371 g/mol. The van der Waals surface area contributed by atoms with Gasteiger partial charge in [-0.3, -0.25) is 9.78 Å². The quantitative estimate of drug-likeness (QED) is 0.812. The van der Waals surface area contributed by atoms with E-state index in [1.807, 2.05) is 38.1 Å². The van der Waals surface area contributed by atoms with Gasteiger partial charge in [-0.15, -0.1) is 0 Å². The van der Waals surface area contributed by atoms with E-state index >= 15 is 0 Å². The molecule has 4 rings (SSSR count). The first-order valence-electron chi connectivity index (χ1n) is 8.91. The summed E-state index contributed by atoms with van der Waals surface area (Å²) in [5.41, 5.74) is 4.96. The fraction of sp³-hybridized carbons (Fsp3) is 0.474. The number of carbonyl (C=O) groups excluding carboxylic acids is 1. The normalized spacial score (nSPS) is 19.2. The molecule has 26 heavy (non-hydrogen) atoms. The van der Waals surface area contributed by atoms with Crippen LogP contribution in [-0.2, 0) is 17.9 Å². The van der Waals surface area contributed by atoms with E-state index in [0.717, 1.165) is 47.0 Å². The molecule has 2 aliphatic rings. The lowest BCUT2D eigenvalue weighted by molar-refractivity contribution is -0.135. The molecule has 2 aromatic heterocycles. The number of anilines is 1. The topological polar surface area (TPSA) is 62.2 Å². The number of aromatic nitrogens is 3. The van der Waals surface area contributed by atoms with Gasteiger partial charge in [-0.05, 0) is 38.3 Å². The summed E-state index contributed by atoms with van der Waals surface area (Å²) < 4.78 is 0. The van der Waals surface area contributed by atoms with E-state index in [0.29, 0.717) is 24.7 Å². The van der Waals surface area contributed by atoms with Crippen LogP contribution in [0.5, 0.6) is 0 Å². The molecule has 7 heteroatoms. The first-order valence-corrected chi connectivity index (χ1v) is 9.28. The van der Waals surface area contributed by atoms with E-state index in [9.17, 15) is 4.79 Å². The Hall–Kier alpha value is -2.21. The van der Waals surface area contributed by atoms with Gasteiger partial charge in [-0.25, -0.2) is 9.97 Å². The van der Waals surface area contributed by atoms with Gasteiger partial charge >= 0.3 is 0 Å². The second-order valence-electron chi connectivity index (χ2n) is 7.18. The zero-order chi connectivity index (χ0) is 18.4. The summed E-state index contributed by atoms with van der Waals surface area (Å²) in [6.45, 7) is 8.55. The van der Waals surface area contributed by atoms with Crippen molar-refractivity contribution in [3.8, 4) is 0 Å². The van der Waals surface area contributed by atoms with E-state index in [1.165, 1.54) is 0 Å². The van der Waals surface area contributed by atoms with Gasteiger partial charge in [-0.1, -0.05) is 11.6 Å². The Morgan fingerprint density at radius 3 is 2.65 bits per heavy atom. The van der Waals surface area contributed by atoms with Gasteiger partial charge in [0.1, 0.15) is 5.82 Å². The molecule has 0 saturated carbocycles. The van der Waals surface area contributed by atoms with Crippen molar-refractivity contribution in [2.24, 2.45) is 5.92 Å². The summed E-state index contributed by atoms with van der Waals surface area (Å²) in [7, 11) is 0. The molecule has 136 valence electrons. The number of hydrogen-bond acceptors (Lipinski definition) is 5. The molecule has 6 nitrogen and oxygen atoms in total. The first-order chi connectivity index (χ1) is 12.4. The molecule has 1 amide bonds. The minimum absolute atomic E-state index is 0.00231. The minimum Gasteiger partial charge on any atom is -0.368 e.